The van der Waals surface area contributed by atoms with Gasteiger partial charge in [-0.3, -0.25) is 4.79 Å². The number of hydrogen-bond donors (Lipinski definition) is 1. The Balaban J connectivity index is 1.84. The second-order valence-corrected chi connectivity index (χ2v) is 6.67. The zero-order valence-corrected chi connectivity index (χ0v) is 15.1. The van der Waals surface area contributed by atoms with Crippen LogP contribution in [0.2, 0.25) is 0 Å². The van der Waals surface area contributed by atoms with E-state index in [9.17, 15) is 4.79 Å². The summed E-state index contributed by atoms with van der Waals surface area (Å²) in [5.41, 5.74) is 2.30. The van der Waals surface area contributed by atoms with Crippen LogP contribution >= 0.6 is 0 Å². The first-order chi connectivity index (χ1) is 12.0. The number of piperidine rings is 1. The van der Waals surface area contributed by atoms with Gasteiger partial charge in [0.2, 0.25) is 5.95 Å². The Hall–Kier alpha value is -2.63. The Morgan fingerprint density at radius 2 is 1.96 bits per heavy atom. The Morgan fingerprint density at radius 1 is 1.20 bits per heavy atom. The third kappa shape index (κ3) is 4.07. The molecule has 0 aliphatic carbocycles. The molecule has 1 N–H and O–H groups in total. The standard InChI is InChI=1S/C19H25N5O/c1-14-8-7-9-15(12-14)18(25)21-16-13-20-19(22-17(16)23(2)3)24-10-5-4-6-11-24/h7-9,12-13H,4-6,10-11H2,1-3H3,(H,21,25). The van der Waals surface area contributed by atoms with Crippen LogP contribution in [-0.2, 0) is 0 Å². The fourth-order valence-electron chi connectivity index (χ4n) is 3.02. The number of nitrogens with zero attached hydrogens (tertiary/aromatic N) is 4. The molecule has 6 nitrogen and oxygen atoms in total. The number of rotatable bonds is 4. The Morgan fingerprint density at radius 3 is 2.64 bits per heavy atom. The van der Waals surface area contributed by atoms with Crippen molar-refractivity contribution in [2.24, 2.45) is 0 Å². The molecule has 0 spiro atoms. The molecule has 0 bridgehead atoms. The van der Waals surface area contributed by atoms with Crippen LogP contribution in [0.15, 0.2) is 30.5 Å². The molecule has 0 radical (unpaired) electrons. The van der Waals surface area contributed by atoms with Crippen LogP contribution in [0.1, 0.15) is 35.2 Å². The number of aryl methyl sites for hydroxylation is 1. The number of hydrogen-bond acceptors (Lipinski definition) is 5. The van der Waals surface area contributed by atoms with Gasteiger partial charge in [0.05, 0.1) is 6.20 Å². The van der Waals surface area contributed by atoms with Gasteiger partial charge >= 0.3 is 0 Å². The maximum Gasteiger partial charge on any atom is 0.255 e. The van der Waals surface area contributed by atoms with E-state index in [1.807, 2.05) is 44.1 Å². The topological polar surface area (TPSA) is 61.4 Å². The highest BCUT2D eigenvalue weighted by molar-refractivity contribution is 6.05. The van der Waals surface area contributed by atoms with Crippen LogP contribution in [0.4, 0.5) is 17.5 Å². The maximum absolute atomic E-state index is 12.5. The van der Waals surface area contributed by atoms with E-state index in [1.54, 1.807) is 12.3 Å². The van der Waals surface area contributed by atoms with E-state index < -0.39 is 0 Å². The molecule has 1 aliphatic rings. The lowest BCUT2D eigenvalue weighted by atomic mass is 10.1. The molecule has 2 heterocycles. The first-order valence-corrected chi connectivity index (χ1v) is 8.72. The molecule has 1 aromatic carbocycles. The van der Waals surface area contributed by atoms with Crippen molar-refractivity contribution in [1.82, 2.24) is 9.97 Å². The molecule has 0 unspecified atom stereocenters. The zero-order chi connectivity index (χ0) is 17.8. The first-order valence-electron chi connectivity index (χ1n) is 8.72. The summed E-state index contributed by atoms with van der Waals surface area (Å²) in [6.45, 7) is 3.95. The van der Waals surface area contributed by atoms with Crippen LogP contribution < -0.4 is 15.1 Å². The van der Waals surface area contributed by atoms with Gasteiger partial charge in [-0.2, -0.15) is 4.98 Å². The van der Waals surface area contributed by atoms with E-state index >= 15 is 0 Å². The van der Waals surface area contributed by atoms with Crippen LogP contribution in [-0.4, -0.2) is 43.1 Å². The number of carbonyl (C=O) groups is 1. The van der Waals surface area contributed by atoms with Gasteiger partial charge in [0.15, 0.2) is 5.82 Å². The lowest BCUT2D eigenvalue weighted by molar-refractivity contribution is 0.102. The second kappa shape index (κ2) is 7.51. The fourth-order valence-corrected chi connectivity index (χ4v) is 3.02. The SMILES string of the molecule is Cc1cccc(C(=O)Nc2cnc(N3CCCCC3)nc2N(C)C)c1. The average molecular weight is 339 g/mol. The summed E-state index contributed by atoms with van der Waals surface area (Å²) < 4.78 is 0. The molecule has 25 heavy (non-hydrogen) atoms. The van der Waals surface area contributed by atoms with E-state index in [0.717, 1.165) is 30.4 Å². The predicted molar refractivity (Wildman–Crippen MR) is 102 cm³/mol. The quantitative estimate of drug-likeness (QED) is 0.927. The molecule has 0 saturated carbocycles. The summed E-state index contributed by atoms with van der Waals surface area (Å²) >= 11 is 0. The molecule has 1 aromatic heterocycles. The van der Waals surface area contributed by atoms with Gasteiger partial charge in [-0.15, -0.1) is 0 Å². The van der Waals surface area contributed by atoms with E-state index in [4.69, 9.17) is 0 Å². The number of benzene rings is 1. The largest absolute Gasteiger partial charge is 0.361 e. The van der Waals surface area contributed by atoms with Crippen molar-refractivity contribution in [1.29, 1.82) is 0 Å². The molecule has 1 saturated heterocycles. The van der Waals surface area contributed by atoms with E-state index in [-0.39, 0.29) is 5.91 Å². The number of anilines is 3. The molecule has 1 amide bonds. The average Bonchev–Trinajstić information content (AvgIpc) is 2.62. The number of aromatic nitrogens is 2. The normalized spacial score (nSPS) is 14.3. The van der Waals surface area contributed by atoms with Crippen LogP contribution in [0.3, 0.4) is 0 Å². The number of amides is 1. The van der Waals surface area contributed by atoms with Crippen molar-refractivity contribution in [2.45, 2.75) is 26.2 Å². The summed E-state index contributed by atoms with van der Waals surface area (Å²) in [5, 5.41) is 2.94. The minimum Gasteiger partial charge on any atom is -0.361 e. The molecule has 0 atom stereocenters. The zero-order valence-electron chi connectivity index (χ0n) is 15.1. The highest BCUT2D eigenvalue weighted by Gasteiger charge is 2.18. The van der Waals surface area contributed by atoms with Gasteiger partial charge in [0, 0.05) is 32.7 Å². The smallest absolute Gasteiger partial charge is 0.255 e. The Kier molecular flexibility index (Phi) is 5.16. The third-order valence-electron chi connectivity index (χ3n) is 4.35. The van der Waals surface area contributed by atoms with Crippen molar-refractivity contribution in [3.05, 3.63) is 41.6 Å². The molecule has 1 fully saturated rings. The van der Waals surface area contributed by atoms with Gasteiger partial charge in [0.1, 0.15) is 5.69 Å². The van der Waals surface area contributed by atoms with Crippen molar-refractivity contribution in [3.8, 4) is 0 Å². The van der Waals surface area contributed by atoms with Crippen LogP contribution in [0.25, 0.3) is 0 Å². The van der Waals surface area contributed by atoms with Gasteiger partial charge in [-0.1, -0.05) is 17.7 Å². The van der Waals surface area contributed by atoms with Crippen molar-refractivity contribution < 1.29 is 4.79 Å². The molecule has 1 aliphatic heterocycles. The summed E-state index contributed by atoms with van der Waals surface area (Å²) in [7, 11) is 3.84. The number of nitrogens with one attached hydrogen (secondary N) is 1. The van der Waals surface area contributed by atoms with Gasteiger partial charge in [0.25, 0.3) is 5.91 Å². The van der Waals surface area contributed by atoms with Crippen molar-refractivity contribution in [3.63, 3.8) is 0 Å². The highest BCUT2D eigenvalue weighted by atomic mass is 16.1. The van der Waals surface area contributed by atoms with Crippen molar-refractivity contribution in [2.75, 3.05) is 42.3 Å². The van der Waals surface area contributed by atoms with Gasteiger partial charge in [-0.05, 0) is 38.3 Å². The third-order valence-corrected chi connectivity index (χ3v) is 4.35. The Bertz CT molecular complexity index is 753. The van der Waals surface area contributed by atoms with E-state index in [1.165, 1.54) is 19.3 Å². The Labute approximate surface area is 148 Å². The molecule has 6 heteroatoms. The molecule has 3 rings (SSSR count). The minimum atomic E-state index is -0.152. The monoisotopic (exact) mass is 339 g/mol. The predicted octanol–water partition coefficient (Wildman–Crippen LogP) is 3.09. The lowest BCUT2D eigenvalue weighted by Gasteiger charge is -2.28. The lowest BCUT2D eigenvalue weighted by Crippen LogP contribution is -2.31. The molecular formula is C19H25N5O. The minimum absolute atomic E-state index is 0.152. The highest BCUT2D eigenvalue weighted by Crippen LogP contribution is 2.25. The molecule has 2 aromatic rings. The summed E-state index contributed by atoms with van der Waals surface area (Å²) in [5.74, 6) is 1.30. The summed E-state index contributed by atoms with van der Waals surface area (Å²) in [4.78, 5) is 25.8. The van der Waals surface area contributed by atoms with E-state index in [2.05, 4.69) is 20.2 Å². The number of carbonyl (C=O) groups excluding carboxylic acids is 1. The maximum atomic E-state index is 12.5. The van der Waals surface area contributed by atoms with Gasteiger partial charge in [-0.25, -0.2) is 4.98 Å². The molecule has 132 valence electrons. The first kappa shape index (κ1) is 17.2. The fraction of sp³-hybridized carbons (Fsp3) is 0.421. The summed E-state index contributed by atoms with van der Waals surface area (Å²) in [6.07, 6.45) is 5.32. The summed E-state index contributed by atoms with van der Waals surface area (Å²) in [6, 6.07) is 7.53. The van der Waals surface area contributed by atoms with Crippen LogP contribution in [0, 0.1) is 6.92 Å². The van der Waals surface area contributed by atoms with Crippen LogP contribution in [0.5, 0.6) is 0 Å². The van der Waals surface area contributed by atoms with Crippen molar-refractivity contribution >= 4 is 23.4 Å². The van der Waals surface area contributed by atoms with Gasteiger partial charge < -0.3 is 15.1 Å². The molecular weight excluding hydrogens is 314 g/mol. The van der Waals surface area contributed by atoms with E-state index in [0.29, 0.717) is 11.3 Å². The second-order valence-electron chi connectivity index (χ2n) is 6.67.